The lowest BCUT2D eigenvalue weighted by Crippen LogP contribution is -1.74. The highest BCUT2D eigenvalue weighted by Gasteiger charge is 2.11. The summed E-state index contributed by atoms with van der Waals surface area (Å²) in [6.45, 7) is 0. The van der Waals surface area contributed by atoms with Gasteiger partial charge in [0.2, 0.25) is 0 Å². The van der Waals surface area contributed by atoms with Crippen molar-refractivity contribution in [3.8, 4) is 5.75 Å². The molecule has 5 aromatic rings. The summed E-state index contributed by atoms with van der Waals surface area (Å²) in [6.07, 6.45) is 0. The molecular formula is C20H12O2. The zero-order chi connectivity index (χ0) is 14.7. The molecule has 0 radical (unpaired) electrons. The Bertz CT molecular complexity index is 1180. The van der Waals surface area contributed by atoms with Crippen LogP contribution in [0.1, 0.15) is 0 Å². The van der Waals surface area contributed by atoms with Crippen LogP contribution in [0, 0.1) is 0 Å². The minimum atomic E-state index is 0.283. The zero-order valence-corrected chi connectivity index (χ0v) is 11.7. The molecule has 1 aromatic heterocycles. The van der Waals surface area contributed by atoms with Crippen LogP contribution in [0.25, 0.3) is 43.5 Å². The van der Waals surface area contributed by atoms with Crippen LogP contribution in [0.4, 0.5) is 0 Å². The monoisotopic (exact) mass is 284 g/mol. The molecule has 0 aliphatic heterocycles. The molecule has 0 fully saturated rings. The Labute approximate surface area is 126 Å². The first kappa shape index (κ1) is 11.6. The maximum Gasteiger partial charge on any atom is 0.143 e. The molecule has 0 atom stereocenters. The Morgan fingerprint density at radius 3 is 2.45 bits per heavy atom. The summed E-state index contributed by atoms with van der Waals surface area (Å²) in [4.78, 5) is 0. The number of fused-ring (bicyclic) bond motifs is 6. The normalized spacial score (nSPS) is 11.8. The van der Waals surface area contributed by atoms with Crippen LogP contribution in [0.5, 0.6) is 5.75 Å². The van der Waals surface area contributed by atoms with Gasteiger partial charge in [0, 0.05) is 16.2 Å². The number of phenols is 1. The highest BCUT2D eigenvalue weighted by atomic mass is 16.3. The molecule has 0 aliphatic carbocycles. The molecule has 0 saturated heterocycles. The van der Waals surface area contributed by atoms with Crippen molar-refractivity contribution < 1.29 is 9.52 Å². The molecule has 1 heterocycles. The van der Waals surface area contributed by atoms with Crippen LogP contribution < -0.4 is 0 Å². The molecule has 0 unspecified atom stereocenters. The molecule has 0 spiro atoms. The summed E-state index contributed by atoms with van der Waals surface area (Å²) < 4.78 is 6.14. The van der Waals surface area contributed by atoms with Crippen molar-refractivity contribution >= 4 is 43.5 Å². The van der Waals surface area contributed by atoms with E-state index in [9.17, 15) is 5.11 Å². The largest absolute Gasteiger partial charge is 0.508 e. The van der Waals surface area contributed by atoms with E-state index in [0.717, 1.165) is 38.1 Å². The molecule has 5 rings (SSSR count). The van der Waals surface area contributed by atoms with Gasteiger partial charge in [-0.1, -0.05) is 36.4 Å². The molecule has 4 aromatic carbocycles. The molecule has 0 bridgehead atoms. The van der Waals surface area contributed by atoms with Gasteiger partial charge in [0.25, 0.3) is 0 Å². The fraction of sp³-hybridized carbons (Fsp3) is 0. The predicted octanol–water partition coefficient (Wildman–Crippen LogP) is 5.60. The smallest absolute Gasteiger partial charge is 0.143 e. The molecule has 104 valence electrons. The topological polar surface area (TPSA) is 33.4 Å². The van der Waals surface area contributed by atoms with Crippen LogP contribution in [-0.2, 0) is 0 Å². The third-order valence-electron chi connectivity index (χ3n) is 4.30. The standard InChI is InChI=1S/C20H12O2/c21-15-7-5-13-11-19-18(10-14(13)9-15)17-8-6-12-3-1-2-4-16(12)20(17)22-19/h1-11,21H. The van der Waals surface area contributed by atoms with E-state index in [0.29, 0.717) is 0 Å². The molecule has 0 amide bonds. The minimum absolute atomic E-state index is 0.283. The average Bonchev–Trinajstić information content (AvgIpc) is 2.90. The molecule has 1 N–H and O–H groups in total. The summed E-state index contributed by atoms with van der Waals surface area (Å²) in [7, 11) is 0. The Kier molecular flexibility index (Phi) is 2.12. The average molecular weight is 284 g/mol. The third-order valence-corrected chi connectivity index (χ3v) is 4.30. The Balaban J connectivity index is 2.01. The van der Waals surface area contributed by atoms with E-state index in [4.69, 9.17) is 4.42 Å². The number of benzene rings is 4. The maximum absolute atomic E-state index is 9.68. The summed E-state index contributed by atoms with van der Waals surface area (Å²) in [6, 6.07) is 22.0. The van der Waals surface area contributed by atoms with Crippen LogP contribution in [0.15, 0.2) is 71.1 Å². The van der Waals surface area contributed by atoms with E-state index in [1.54, 1.807) is 12.1 Å². The number of hydrogen-bond donors (Lipinski definition) is 1. The van der Waals surface area contributed by atoms with Crippen LogP contribution in [0.2, 0.25) is 0 Å². The van der Waals surface area contributed by atoms with Gasteiger partial charge in [-0.05, 0) is 46.5 Å². The first-order valence-electron chi connectivity index (χ1n) is 7.26. The molecule has 0 aliphatic rings. The second kappa shape index (κ2) is 4.01. The van der Waals surface area contributed by atoms with E-state index < -0.39 is 0 Å². The van der Waals surface area contributed by atoms with Gasteiger partial charge in [-0.3, -0.25) is 0 Å². The first-order valence-corrected chi connectivity index (χ1v) is 7.26. The van der Waals surface area contributed by atoms with E-state index >= 15 is 0 Å². The van der Waals surface area contributed by atoms with Gasteiger partial charge < -0.3 is 9.52 Å². The van der Waals surface area contributed by atoms with Gasteiger partial charge in [-0.15, -0.1) is 0 Å². The number of rotatable bonds is 0. The predicted molar refractivity (Wildman–Crippen MR) is 90.4 cm³/mol. The summed E-state index contributed by atoms with van der Waals surface area (Å²) in [5.41, 5.74) is 1.80. The quantitative estimate of drug-likeness (QED) is 0.401. The SMILES string of the molecule is Oc1ccc2cc3oc4c5ccccc5ccc4c3cc2c1. The van der Waals surface area contributed by atoms with Crippen molar-refractivity contribution in [3.63, 3.8) is 0 Å². The van der Waals surface area contributed by atoms with Crippen LogP contribution >= 0.6 is 0 Å². The van der Waals surface area contributed by atoms with Gasteiger partial charge in [0.15, 0.2) is 0 Å². The van der Waals surface area contributed by atoms with Crippen LogP contribution in [-0.4, -0.2) is 5.11 Å². The van der Waals surface area contributed by atoms with Crippen molar-refractivity contribution in [2.24, 2.45) is 0 Å². The number of phenolic OH excluding ortho intramolecular Hbond substituents is 1. The maximum atomic E-state index is 9.68. The number of furan rings is 1. The first-order chi connectivity index (χ1) is 10.8. The summed E-state index contributed by atoms with van der Waals surface area (Å²) in [5, 5.41) is 16.3. The second-order valence-electron chi connectivity index (χ2n) is 5.65. The van der Waals surface area contributed by atoms with Crippen LogP contribution in [0.3, 0.4) is 0 Å². The summed E-state index contributed by atoms with van der Waals surface area (Å²) in [5.74, 6) is 0.283. The van der Waals surface area contributed by atoms with E-state index in [1.165, 1.54) is 5.39 Å². The second-order valence-corrected chi connectivity index (χ2v) is 5.65. The van der Waals surface area contributed by atoms with E-state index in [2.05, 4.69) is 30.3 Å². The van der Waals surface area contributed by atoms with Gasteiger partial charge in [-0.2, -0.15) is 0 Å². The lowest BCUT2D eigenvalue weighted by Gasteiger charge is -1.99. The Morgan fingerprint density at radius 2 is 1.50 bits per heavy atom. The van der Waals surface area contributed by atoms with Crippen molar-refractivity contribution in [2.45, 2.75) is 0 Å². The molecule has 22 heavy (non-hydrogen) atoms. The summed E-state index contributed by atoms with van der Waals surface area (Å²) >= 11 is 0. The molecule has 2 nitrogen and oxygen atoms in total. The number of aromatic hydroxyl groups is 1. The molecule has 2 heteroatoms. The van der Waals surface area contributed by atoms with Gasteiger partial charge >= 0.3 is 0 Å². The van der Waals surface area contributed by atoms with Crippen molar-refractivity contribution in [1.29, 1.82) is 0 Å². The highest BCUT2D eigenvalue weighted by Crippen LogP contribution is 2.36. The van der Waals surface area contributed by atoms with Crippen molar-refractivity contribution in [3.05, 3.63) is 66.7 Å². The van der Waals surface area contributed by atoms with Gasteiger partial charge in [0.05, 0.1) is 0 Å². The fourth-order valence-corrected chi connectivity index (χ4v) is 3.23. The van der Waals surface area contributed by atoms with E-state index in [-0.39, 0.29) is 5.75 Å². The lowest BCUT2D eigenvalue weighted by atomic mass is 10.0. The van der Waals surface area contributed by atoms with Gasteiger partial charge in [0.1, 0.15) is 16.9 Å². The highest BCUT2D eigenvalue weighted by molar-refractivity contribution is 6.17. The fourth-order valence-electron chi connectivity index (χ4n) is 3.23. The van der Waals surface area contributed by atoms with Crippen molar-refractivity contribution in [2.75, 3.05) is 0 Å². The van der Waals surface area contributed by atoms with Crippen molar-refractivity contribution in [1.82, 2.24) is 0 Å². The van der Waals surface area contributed by atoms with E-state index in [1.807, 2.05) is 24.3 Å². The molecule has 0 saturated carbocycles. The molecular weight excluding hydrogens is 272 g/mol. The van der Waals surface area contributed by atoms with Gasteiger partial charge in [-0.25, -0.2) is 0 Å². The zero-order valence-electron chi connectivity index (χ0n) is 11.7. The lowest BCUT2D eigenvalue weighted by molar-refractivity contribution is 0.476. The number of hydrogen-bond acceptors (Lipinski definition) is 2. The third kappa shape index (κ3) is 1.49. The minimum Gasteiger partial charge on any atom is -0.508 e. The Hall–Kier alpha value is -3.00. The Morgan fingerprint density at radius 1 is 0.636 bits per heavy atom.